The molecule has 1 aromatic carbocycles. The van der Waals surface area contributed by atoms with E-state index in [0.29, 0.717) is 47.4 Å². The molecule has 2 saturated heterocycles. The van der Waals surface area contributed by atoms with Gasteiger partial charge in [-0.3, -0.25) is 4.90 Å². The van der Waals surface area contributed by atoms with Crippen molar-refractivity contribution in [1.29, 1.82) is 5.26 Å². The van der Waals surface area contributed by atoms with Crippen molar-refractivity contribution in [1.82, 2.24) is 24.5 Å². The Kier molecular flexibility index (Phi) is 6.67. The smallest absolute Gasteiger partial charge is 0.264 e. The molecule has 0 atom stereocenters. The molecule has 3 aliphatic rings. The van der Waals surface area contributed by atoms with Crippen LogP contribution in [0.1, 0.15) is 43.4 Å². The molecular weight excluding hydrogens is 516 g/mol. The summed E-state index contributed by atoms with van der Waals surface area (Å²) in [5, 5.41) is 20.5. The van der Waals surface area contributed by atoms with Crippen molar-refractivity contribution >= 4 is 40.4 Å². The summed E-state index contributed by atoms with van der Waals surface area (Å²) in [5.41, 5.74) is 1.34. The summed E-state index contributed by atoms with van der Waals surface area (Å²) in [4.78, 5) is 13.3. The zero-order chi connectivity index (χ0) is 26.4. The van der Waals surface area contributed by atoms with Crippen molar-refractivity contribution in [3.8, 4) is 6.07 Å². The molecule has 2 aromatic heterocycles. The van der Waals surface area contributed by atoms with Crippen molar-refractivity contribution in [2.24, 2.45) is 0 Å². The number of nitrogens with one attached hydrogen (secondary N) is 2. The molecule has 0 radical (unpaired) electrons. The average Bonchev–Trinajstić information content (AvgIpc) is 3.61. The molecule has 38 heavy (non-hydrogen) atoms. The lowest BCUT2D eigenvalue weighted by Crippen LogP contribution is -2.61. The van der Waals surface area contributed by atoms with Crippen LogP contribution in [0.15, 0.2) is 18.3 Å². The number of rotatable bonds is 8. The Bertz CT molecular complexity index is 1380. The molecule has 1 aliphatic carbocycles. The Morgan fingerprint density at radius 2 is 1.95 bits per heavy atom. The fourth-order valence-corrected chi connectivity index (χ4v) is 5.36. The van der Waals surface area contributed by atoms with Gasteiger partial charge in [-0.15, -0.1) is 5.10 Å². The predicted molar refractivity (Wildman–Crippen MR) is 139 cm³/mol. The van der Waals surface area contributed by atoms with E-state index in [-0.39, 0.29) is 28.9 Å². The molecule has 10 nitrogen and oxygen atoms in total. The monoisotopic (exact) mass is 543 g/mol. The van der Waals surface area contributed by atoms with Gasteiger partial charge < -0.3 is 20.3 Å². The highest BCUT2D eigenvalue weighted by Crippen LogP contribution is 2.41. The maximum absolute atomic E-state index is 13.9. The third-order valence-electron chi connectivity index (χ3n) is 7.50. The zero-order valence-corrected chi connectivity index (χ0v) is 21.6. The summed E-state index contributed by atoms with van der Waals surface area (Å²) in [6, 6.07) is 5.47. The largest absolute Gasteiger partial charge is 0.381 e. The minimum atomic E-state index is -2.67. The molecular formula is C25H28ClF2N9O. The fourth-order valence-electron chi connectivity index (χ4n) is 5.09. The molecule has 2 aliphatic heterocycles. The standard InChI is InChI=1S/C25H28ClF2N9O/c1-38-18-4-6-35(7-5-18)17-12-36(13-17)20-9-14(22(27)28)8-19(21(20)26)32-25-33-23(31-15-2-3-15)24-30-11-16(10-29)37(24)34-25/h8-9,11,15,17-18,22H,2-7,12-13H2,1H3,(H2,31,32,33,34). The van der Waals surface area contributed by atoms with Gasteiger partial charge in [0.2, 0.25) is 5.95 Å². The van der Waals surface area contributed by atoms with Gasteiger partial charge in [-0.1, -0.05) is 11.6 Å². The van der Waals surface area contributed by atoms with E-state index < -0.39 is 6.43 Å². The lowest BCUT2D eigenvalue weighted by Gasteiger charge is -2.49. The second-order valence-corrected chi connectivity index (χ2v) is 10.4. The average molecular weight is 544 g/mol. The maximum Gasteiger partial charge on any atom is 0.264 e. The van der Waals surface area contributed by atoms with Crippen LogP contribution in [0.4, 0.5) is 31.9 Å². The number of ether oxygens (including phenoxy) is 1. The molecule has 3 aromatic rings. The van der Waals surface area contributed by atoms with Gasteiger partial charge in [-0.05, 0) is 37.8 Å². The number of nitriles is 1. The molecule has 13 heteroatoms. The Morgan fingerprint density at radius 1 is 1.18 bits per heavy atom. The number of fused-ring (bicyclic) bond motifs is 1. The molecule has 0 bridgehead atoms. The van der Waals surface area contributed by atoms with Crippen LogP contribution >= 0.6 is 11.6 Å². The van der Waals surface area contributed by atoms with Crippen LogP contribution in [0.2, 0.25) is 5.02 Å². The molecule has 2 N–H and O–H groups in total. The molecule has 6 rings (SSSR count). The van der Waals surface area contributed by atoms with E-state index in [9.17, 15) is 14.0 Å². The Hall–Kier alpha value is -3.27. The van der Waals surface area contributed by atoms with Crippen LogP contribution in [0, 0.1) is 11.3 Å². The van der Waals surface area contributed by atoms with Crippen LogP contribution in [-0.4, -0.2) is 76.0 Å². The summed E-state index contributed by atoms with van der Waals surface area (Å²) in [7, 11) is 1.75. The van der Waals surface area contributed by atoms with Gasteiger partial charge in [0.25, 0.3) is 6.43 Å². The summed E-state index contributed by atoms with van der Waals surface area (Å²) in [6.07, 6.45) is 3.07. The van der Waals surface area contributed by atoms with E-state index in [0.717, 1.165) is 38.8 Å². The Labute approximate surface area is 223 Å². The van der Waals surface area contributed by atoms with Gasteiger partial charge in [0, 0.05) is 50.9 Å². The second kappa shape index (κ2) is 10.1. The Balaban J connectivity index is 1.26. The van der Waals surface area contributed by atoms with Crippen molar-refractivity contribution in [2.75, 3.05) is 48.8 Å². The number of halogens is 3. The molecule has 0 unspecified atom stereocenters. The van der Waals surface area contributed by atoms with Gasteiger partial charge >= 0.3 is 0 Å². The fraction of sp³-hybridized carbons (Fsp3) is 0.520. The van der Waals surface area contributed by atoms with Gasteiger partial charge in [-0.25, -0.2) is 13.8 Å². The van der Waals surface area contributed by atoms with Crippen LogP contribution in [-0.2, 0) is 4.74 Å². The predicted octanol–water partition coefficient (Wildman–Crippen LogP) is 4.20. The number of aromatic nitrogens is 4. The summed E-state index contributed by atoms with van der Waals surface area (Å²) >= 11 is 6.78. The maximum atomic E-state index is 13.9. The number of hydrogen-bond acceptors (Lipinski definition) is 9. The van der Waals surface area contributed by atoms with E-state index in [1.165, 1.54) is 22.8 Å². The van der Waals surface area contributed by atoms with E-state index in [1.807, 2.05) is 4.90 Å². The van der Waals surface area contributed by atoms with Gasteiger partial charge in [-0.2, -0.15) is 14.8 Å². The minimum absolute atomic E-state index is 0.122. The van der Waals surface area contributed by atoms with Crippen molar-refractivity contribution < 1.29 is 13.5 Å². The molecule has 0 spiro atoms. The number of imidazole rings is 1. The van der Waals surface area contributed by atoms with E-state index >= 15 is 0 Å². The molecule has 200 valence electrons. The normalized spacial score (nSPS) is 19.1. The van der Waals surface area contributed by atoms with Crippen LogP contribution in [0.25, 0.3) is 5.65 Å². The van der Waals surface area contributed by atoms with E-state index in [4.69, 9.17) is 16.3 Å². The number of nitrogens with zero attached hydrogens (tertiary/aromatic N) is 7. The third-order valence-corrected chi connectivity index (χ3v) is 7.90. The number of benzene rings is 1. The molecule has 4 heterocycles. The highest BCUT2D eigenvalue weighted by Gasteiger charge is 2.35. The lowest BCUT2D eigenvalue weighted by molar-refractivity contribution is 0.0226. The topological polar surface area (TPSA) is 107 Å². The number of anilines is 4. The summed E-state index contributed by atoms with van der Waals surface area (Å²) in [6.45, 7) is 3.35. The summed E-state index contributed by atoms with van der Waals surface area (Å²) in [5.74, 6) is 0.590. The van der Waals surface area contributed by atoms with Crippen LogP contribution in [0.5, 0.6) is 0 Å². The van der Waals surface area contributed by atoms with Gasteiger partial charge in [0.1, 0.15) is 6.07 Å². The van der Waals surface area contributed by atoms with Crippen molar-refractivity contribution in [3.05, 3.63) is 34.6 Å². The first-order valence-corrected chi connectivity index (χ1v) is 13.1. The van der Waals surface area contributed by atoms with Gasteiger partial charge in [0.15, 0.2) is 17.2 Å². The first-order valence-electron chi connectivity index (χ1n) is 12.8. The molecule has 0 amide bonds. The number of hydrogen-bond donors (Lipinski definition) is 2. The molecule has 3 fully saturated rings. The van der Waals surface area contributed by atoms with E-state index in [1.54, 1.807) is 7.11 Å². The van der Waals surface area contributed by atoms with Crippen molar-refractivity contribution in [3.63, 3.8) is 0 Å². The minimum Gasteiger partial charge on any atom is -0.381 e. The van der Waals surface area contributed by atoms with Crippen molar-refractivity contribution in [2.45, 2.75) is 50.3 Å². The SMILES string of the molecule is COC1CCN(C2CN(c3cc(C(F)F)cc(Nc4nc(NC5CC5)c5ncc(C#N)n5n4)c3Cl)C2)CC1. The van der Waals surface area contributed by atoms with Crippen LogP contribution < -0.4 is 15.5 Å². The highest BCUT2D eigenvalue weighted by molar-refractivity contribution is 6.36. The van der Waals surface area contributed by atoms with Gasteiger partial charge in [0.05, 0.1) is 28.7 Å². The summed E-state index contributed by atoms with van der Waals surface area (Å²) < 4.78 is 34.7. The van der Waals surface area contributed by atoms with Crippen LogP contribution in [0.3, 0.4) is 0 Å². The second-order valence-electron chi connectivity index (χ2n) is 10.1. The quantitative estimate of drug-likeness (QED) is 0.432. The van der Waals surface area contributed by atoms with E-state index in [2.05, 4.69) is 36.7 Å². The number of piperidine rings is 1. The Morgan fingerprint density at radius 3 is 2.61 bits per heavy atom. The number of methoxy groups -OCH3 is 1. The lowest BCUT2D eigenvalue weighted by atomic mass is 10.00. The number of likely N-dealkylation sites (tertiary alicyclic amines) is 1. The zero-order valence-electron chi connectivity index (χ0n) is 20.9. The highest BCUT2D eigenvalue weighted by atomic mass is 35.5. The third kappa shape index (κ3) is 4.81. The first-order chi connectivity index (χ1) is 18.4. The number of alkyl halides is 2. The molecule has 1 saturated carbocycles. The first kappa shape index (κ1) is 25.0.